The van der Waals surface area contributed by atoms with Crippen molar-refractivity contribution in [2.45, 2.75) is 44.9 Å². The summed E-state index contributed by atoms with van der Waals surface area (Å²) in [4.78, 5) is 4.14. The Balaban J connectivity index is 2.24. The summed E-state index contributed by atoms with van der Waals surface area (Å²) in [5.41, 5.74) is 1.34. The molecule has 0 aromatic carbocycles. The fourth-order valence-electron chi connectivity index (χ4n) is 1.83. The number of nitrogens with one attached hydrogen (secondary N) is 2. The van der Waals surface area contributed by atoms with E-state index >= 15 is 0 Å². The van der Waals surface area contributed by atoms with Crippen LogP contribution in [0, 0.1) is 0 Å². The molecule has 3 nitrogen and oxygen atoms in total. The Hall–Kier alpha value is -0.930. The first kappa shape index (κ1) is 10.6. The van der Waals surface area contributed by atoms with E-state index < -0.39 is 0 Å². The number of nitrogens with zero attached hydrogens (tertiary/aromatic N) is 1. The van der Waals surface area contributed by atoms with Gasteiger partial charge >= 0.3 is 0 Å². The average Bonchev–Trinajstić information content (AvgIpc) is 2.38. The normalized spacial score (nSPS) is 24.3. The lowest BCUT2D eigenvalue weighted by molar-refractivity contribution is 0.295. The molecule has 2 N–H and O–H groups in total. The molecule has 0 amide bonds. The van der Waals surface area contributed by atoms with Gasteiger partial charge in [-0.15, -0.1) is 0 Å². The fraction of sp³-hybridized carbons (Fsp3) is 0.583. The maximum Gasteiger partial charge on any atom is 0.0859 e. The van der Waals surface area contributed by atoms with Crippen LogP contribution in [0.15, 0.2) is 24.5 Å². The van der Waals surface area contributed by atoms with Crippen molar-refractivity contribution in [2.75, 3.05) is 0 Å². The highest BCUT2D eigenvalue weighted by atomic mass is 15.3. The minimum Gasteiger partial charge on any atom is -0.291 e. The van der Waals surface area contributed by atoms with Gasteiger partial charge in [-0.25, -0.2) is 0 Å². The number of hydrogen-bond acceptors (Lipinski definition) is 3. The summed E-state index contributed by atoms with van der Waals surface area (Å²) < 4.78 is 0. The maximum absolute atomic E-state index is 4.14. The van der Waals surface area contributed by atoms with E-state index in [0.29, 0.717) is 0 Å². The van der Waals surface area contributed by atoms with Gasteiger partial charge in [-0.05, 0) is 33.8 Å². The standard InChI is InChI=1S/C12H19N3/c1-11(2)12(3,4)15-10(14-11)9-6-5-7-13-8-9/h5-8,10,14-15H,1-4H3. The van der Waals surface area contributed by atoms with Gasteiger partial charge in [-0.2, -0.15) is 0 Å². The van der Waals surface area contributed by atoms with Crippen LogP contribution in [-0.4, -0.2) is 16.1 Å². The van der Waals surface area contributed by atoms with Crippen LogP contribution < -0.4 is 10.6 Å². The molecule has 3 heteroatoms. The van der Waals surface area contributed by atoms with Gasteiger partial charge in [0.15, 0.2) is 0 Å². The first-order valence-corrected chi connectivity index (χ1v) is 5.38. The molecule has 0 bridgehead atoms. The second-order valence-electron chi connectivity index (χ2n) is 5.26. The molecule has 2 heterocycles. The molecule has 2 rings (SSSR count). The Bertz CT molecular complexity index is 327. The van der Waals surface area contributed by atoms with E-state index in [1.165, 1.54) is 5.56 Å². The summed E-state index contributed by atoms with van der Waals surface area (Å²) in [6.45, 7) is 8.87. The zero-order valence-electron chi connectivity index (χ0n) is 9.83. The molecule has 1 aromatic rings. The zero-order valence-corrected chi connectivity index (χ0v) is 9.83. The maximum atomic E-state index is 4.14. The largest absolute Gasteiger partial charge is 0.291 e. The van der Waals surface area contributed by atoms with Crippen LogP contribution in [0.1, 0.15) is 39.4 Å². The lowest BCUT2D eigenvalue weighted by Crippen LogP contribution is -2.51. The van der Waals surface area contributed by atoms with Crippen LogP contribution in [0.4, 0.5) is 0 Å². The van der Waals surface area contributed by atoms with E-state index in [1.54, 1.807) is 6.20 Å². The smallest absolute Gasteiger partial charge is 0.0859 e. The van der Waals surface area contributed by atoms with E-state index in [-0.39, 0.29) is 17.2 Å². The first-order valence-electron chi connectivity index (χ1n) is 5.38. The van der Waals surface area contributed by atoms with Crippen LogP contribution in [0.2, 0.25) is 0 Å². The predicted molar refractivity (Wildman–Crippen MR) is 61.4 cm³/mol. The molecule has 0 aliphatic carbocycles. The summed E-state index contributed by atoms with van der Waals surface area (Å²) in [5, 5.41) is 7.17. The summed E-state index contributed by atoms with van der Waals surface area (Å²) in [5.74, 6) is 0. The molecule has 0 saturated carbocycles. The Labute approximate surface area is 91.3 Å². The topological polar surface area (TPSA) is 37.0 Å². The van der Waals surface area contributed by atoms with E-state index in [1.807, 2.05) is 12.3 Å². The predicted octanol–water partition coefficient (Wildman–Crippen LogP) is 1.83. The molecule has 0 unspecified atom stereocenters. The highest BCUT2D eigenvalue weighted by Gasteiger charge is 2.45. The molecular formula is C12H19N3. The van der Waals surface area contributed by atoms with Gasteiger partial charge in [-0.3, -0.25) is 15.6 Å². The number of rotatable bonds is 1. The van der Waals surface area contributed by atoms with Crippen molar-refractivity contribution in [3.63, 3.8) is 0 Å². The van der Waals surface area contributed by atoms with Gasteiger partial charge in [-0.1, -0.05) is 6.07 Å². The Morgan fingerprint density at radius 2 is 1.73 bits per heavy atom. The molecule has 0 spiro atoms. The van der Waals surface area contributed by atoms with Gasteiger partial charge in [0.25, 0.3) is 0 Å². The van der Waals surface area contributed by atoms with E-state index in [0.717, 1.165) is 0 Å². The van der Waals surface area contributed by atoms with Crippen LogP contribution >= 0.6 is 0 Å². The highest BCUT2D eigenvalue weighted by molar-refractivity contribution is 5.20. The molecule has 1 fully saturated rings. The van der Waals surface area contributed by atoms with Crippen molar-refractivity contribution < 1.29 is 0 Å². The van der Waals surface area contributed by atoms with Crippen LogP contribution in [0.25, 0.3) is 0 Å². The Morgan fingerprint density at radius 3 is 2.20 bits per heavy atom. The minimum absolute atomic E-state index is 0.0769. The van der Waals surface area contributed by atoms with E-state index in [9.17, 15) is 0 Å². The lowest BCUT2D eigenvalue weighted by atomic mass is 9.85. The van der Waals surface area contributed by atoms with Gasteiger partial charge < -0.3 is 0 Å². The number of hydrogen-bond donors (Lipinski definition) is 2. The second kappa shape index (κ2) is 3.29. The average molecular weight is 205 g/mol. The van der Waals surface area contributed by atoms with Crippen molar-refractivity contribution >= 4 is 0 Å². The lowest BCUT2D eigenvalue weighted by Gasteiger charge is -2.33. The minimum atomic E-state index is 0.0769. The monoisotopic (exact) mass is 205 g/mol. The number of aromatic nitrogens is 1. The Kier molecular flexibility index (Phi) is 2.32. The summed E-state index contributed by atoms with van der Waals surface area (Å²) in [7, 11) is 0. The third-order valence-electron chi connectivity index (χ3n) is 3.59. The third-order valence-corrected chi connectivity index (χ3v) is 3.59. The van der Waals surface area contributed by atoms with Gasteiger partial charge in [0.05, 0.1) is 6.17 Å². The van der Waals surface area contributed by atoms with Gasteiger partial charge in [0, 0.05) is 29.0 Å². The van der Waals surface area contributed by atoms with E-state index in [4.69, 9.17) is 0 Å². The van der Waals surface area contributed by atoms with Crippen molar-refractivity contribution in [1.29, 1.82) is 0 Å². The molecule has 0 atom stereocenters. The second-order valence-corrected chi connectivity index (χ2v) is 5.26. The molecule has 1 aliphatic rings. The Morgan fingerprint density at radius 1 is 1.13 bits per heavy atom. The summed E-state index contributed by atoms with van der Waals surface area (Å²) >= 11 is 0. The zero-order chi connectivity index (χ0) is 11.1. The van der Waals surface area contributed by atoms with Crippen LogP contribution in [0.3, 0.4) is 0 Å². The molecule has 1 aliphatic heterocycles. The summed E-state index contributed by atoms with van der Waals surface area (Å²) in [6, 6.07) is 4.06. The quantitative estimate of drug-likeness (QED) is 0.734. The molecular weight excluding hydrogens is 186 g/mol. The molecule has 0 radical (unpaired) electrons. The van der Waals surface area contributed by atoms with Gasteiger partial charge in [0.2, 0.25) is 0 Å². The van der Waals surface area contributed by atoms with Crippen molar-refractivity contribution in [3.8, 4) is 0 Å². The fourth-order valence-corrected chi connectivity index (χ4v) is 1.83. The highest BCUT2D eigenvalue weighted by Crippen LogP contribution is 2.32. The third kappa shape index (κ3) is 1.77. The van der Waals surface area contributed by atoms with Crippen molar-refractivity contribution in [2.24, 2.45) is 0 Å². The van der Waals surface area contributed by atoms with Crippen molar-refractivity contribution in [1.82, 2.24) is 15.6 Å². The summed E-state index contributed by atoms with van der Waals surface area (Å²) in [6.07, 6.45) is 3.90. The molecule has 1 aromatic heterocycles. The number of pyridine rings is 1. The SMILES string of the molecule is CC1(C)NC(c2cccnc2)NC1(C)C. The molecule has 82 valence electrons. The van der Waals surface area contributed by atoms with Gasteiger partial charge in [0.1, 0.15) is 0 Å². The van der Waals surface area contributed by atoms with E-state index in [2.05, 4.69) is 49.4 Å². The molecule has 15 heavy (non-hydrogen) atoms. The first-order chi connectivity index (χ1) is 6.92. The van der Waals surface area contributed by atoms with Crippen molar-refractivity contribution in [3.05, 3.63) is 30.1 Å². The molecule has 1 saturated heterocycles. The van der Waals surface area contributed by atoms with Crippen LogP contribution in [0.5, 0.6) is 0 Å². The van der Waals surface area contributed by atoms with Crippen LogP contribution in [-0.2, 0) is 0 Å².